The average molecular weight is 976 g/mol. The summed E-state index contributed by atoms with van der Waals surface area (Å²) < 4.78 is 32.3. The highest BCUT2D eigenvalue weighted by molar-refractivity contribution is 6.28. The van der Waals surface area contributed by atoms with Crippen LogP contribution in [0.5, 0.6) is 11.5 Å². The summed E-state index contributed by atoms with van der Waals surface area (Å²) in [5.74, 6) is -5.54. The minimum Gasteiger partial charge on any atom is -0.538 e. The van der Waals surface area contributed by atoms with E-state index in [4.69, 9.17) is 32.9 Å². The molecule has 0 unspecified atom stereocenters. The Balaban J connectivity index is 1.80. The van der Waals surface area contributed by atoms with Crippen LogP contribution in [0.2, 0.25) is 6.82 Å². The van der Waals surface area contributed by atoms with Crippen molar-refractivity contribution in [3.63, 3.8) is 0 Å². The molecule has 1 heterocycles. The smallest absolute Gasteiger partial charge is 0.370 e. The van der Waals surface area contributed by atoms with Crippen molar-refractivity contribution in [3.05, 3.63) is 71.0 Å². The van der Waals surface area contributed by atoms with Crippen LogP contribution in [0.3, 0.4) is 0 Å². The van der Waals surface area contributed by atoms with E-state index >= 15 is 0 Å². The predicted molar refractivity (Wildman–Crippen MR) is 258 cm³/mol. The lowest BCUT2D eigenvalue weighted by molar-refractivity contribution is -0.171. The van der Waals surface area contributed by atoms with Crippen LogP contribution in [0.1, 0.15) is 149 Å². The molecule has 2 aromatic carbocycles. The predicted octanol–water partition coefficient (Wildman–Crippen LogP) is 6.85. The number of benzene rings is 2. The maximum atomic E-state index is 13.8. The molecule has 0 bridgehead atoms. The molecule has 0 spiro atoms. The number of methoxy groups -OCH3 is 1. The Kier molecular flexibility index (Phi) is 25.1. The minimum atomic E-state index is -1.43. The lowest BCUT2D eigenvalue weighted by atomic mass is 9.90. The summed E-state index contributed by atoms with van der Waals surface area (Å²) in [4.78, 5) is 110. The average Bonchev–Trinajstić information content (AvgIpc) is 3.85. The van der Waals surface area contributed by atoms with Crippen molar-refractivity contribution in [2.24, 2.45) is 5.92 Å². The Morgan fingerprint density at radius 1 is 0.800 bits per heavy atom. The fourth-order valence-electron chi connectivity index (χ4n) is 7.12. The summed E-state index contributed by atoms with van der Waals surface area (Å²) in [5.41, 5.74) is 1.12. The molecule has 0 aliphatic heterocycles. The first-order valence-corrected chi connectivity index (χ1v) is 23.8. The number of hydrogen-bond acceptors (Lipinski definition) is 15. The zero-order chi connectivity index (χ0) is 51.6. The number of rotatable bonds is 32. The number of nitrogens with zero attached hydrogens (tertiary/aromatic N) is 1. The molecule has 3 rings (SSSR count). The van der Waals surface area contributed by atoms with E-state index in [2.05, 4.69) is 16.0 Å². The van der Waals surface area contributed by atoms with Gasteiger partial charge in [0.1, 0.15) is 23.3 Å². The second kappa shape index (κ2) is 30.6. The van der Waals surface area contributed by atoms with Crippen LogP contribution < -0.4 is 25.4 Å². The van der Waals surface area contributed by atoms with Crippen LogP contribution in [0.4, 0.5) is 0 Å². The number of amides is 4. The van der Waals surface area contributed by atoms with Crippen molar-refractivity contribution >= 4 is 55.5 Å². The summed E-state index contributed by atoms with van der Waals surface area (Å²) in [5, 5.41) is 8.71. The number of nitrogens with one attached hydrogen (secondary N) is 3. The first-order chi connectivity index (χ1) is 33.7. The minimum absolute atomic E-state index is 0.0712. The SMILES string of the molecule is C[B]OC(=O)[C@H](CC(=O)OCCCC)NC(=O)c1ccc(-c2ccc(C(=O)NCNC(=O)[C@H](CCCCC)[C@@H](CC)N(C=O)OC(=O)c3ccc(OC)cc3C(C)C)o2)cc1OCC(=O)OCCCC. The fourth-order valence-corrected chi connectivity index (χ4v) is 7.12. The Morgan fingerprint density at radius 3 is 2.11 bits per heavy atom. The third-order valence-corrected chi connectivity index (χ3v) is 11.0. The monoisotopic (exact) mass is 975 g/mol. The molecule has 0 aliphatic rings. The molecule has 70 heavy (non-hydrogen) atoms. The Labute approximate surface area is 410 Å². The highest BCUT2D eigenvalue weighted by Crippen LogP contribution is 2.30. The highest BCUT2D eigenvalue weighted by atomic mass is 16.7. The van der Waals surface area contributed by atoms with Crippen LogP contribution in [0.25, 0.3) is 11.3 Å². The molecule has 0 saturated heterocycles. The second-order valence-electron chi connectivity index (χ2n) is 16.5. The summed E-state index contributed by atoms with van der Waals surface area (Å²) in [6, 6.07) is 9.77. The zero-order valence-electron chi connectivity index (χ0n) is 41.6. The summed E-state index contributed by atoms with van der Waals surface area (Å²) in [6.45, 7) is 12.3. The van der Waals surface area contributed by atoms with Crippen LogP contribution in [0, 0.1) is 5.92 Å². The number of hydrogen-bond donors (Lipinski definition) is 3. The van der Waals surface area contributed by atoms with Gasteiger partial charge >= 0.3 is 31.4 Å². The Morgan fingerprint density at radius 2 is 1.49 bits per heavy atom. The molecular weight excluding hydrogens is 907 g/mol. The van der Waals surface area contributed by atoms with Gasteiger partial charge in [-0.25, -0.2) is 9.59 Å². The van der Waals surface area contributed by atoms with Gasteiger partial charge in [0.25, 0.3) is 11.8 Å². The highest BCUT2D eigenvalue weighted by Gasteiger charge is 2.34. The van der Waals surface area contributed by atoms with E-state index in [1.54, 1.807) is 25.1 Å². The van der Waals surface area contributed by atoms with Crippen LogP contribution in [0.15, 0.2) is 52.9 Å². The summed E-state index contributed by atoms with van der Waals surface area (Å²) in [7, 11) is 2.63. The Hall–Kier alpha value is -6.86. The summed E-state index contributed by atoms with van der Waals surface area (Å²) >= 11 is 0. The van der Waals surface area contributed by atoms with E-state index < -0.39 is 72.6 Å². The van der Waals surface area contributed by atoms with Crippen molar-refractivity contribution in [3.8, 4) is 22.8 Å². The quantitative estimate of drug-likeness (QED) is 0.0145. The summed E-state index contributed by atoms with van der Waals surface area (Å²) in [6.07, 6.45) is 5.63. The molecule has 4 amide bonds. The third kappa shape index (κ3) is 17.9. The number of unbranched alkanes of at least 4 members (excludes halogenated alkanes) is 4. The van der Waals surface area contributed by atoms with E-state index in [-0.39, 0.29) is 60.6 Å². The Bertz CT molecular complexity index is 2210. The molecule has 3 aromatic rings. The molecule has 3 N–H and O–H groups in total. The second-order valence-corrected chi connectivity index (χ2v) is 16.5. The number of furan rings is 1. The lowest BCUT2D eigenvalue weighted by Gasteiger charge is -2.32. The lowest BCUT2D eigenvalue weighted by Crippen LogP contribution is -2.49. The topological polar surface area (TPSA) is 244 Å². The molecule has 20 heteroatoms. The largest absolute Gasteiger partial charge is 0.538 e. The molecule has 19 nitrogen and oxygen atoms in total. The number of carbonyl (C=O) groups is 8. The van der Waals surface area contributed by atoms with Crippen molar-refractivity contribution in [2.75, 3.05) is 33.6 Å². The van der Waals surface area contributed by atoms with Gasteiger partial charge in [0.05, 0.1) is 56.5 Å². The van der Waals surface area contributed by atoms with Crippen molar-refractivity contribution in [1.29, 1.82) is 0 Å². The molecular formula is C50H68BN4O15. The van der Waals surface area contributed by atoms with Crippen LogP contribution in [-0.2, 0) is 42.9 Å². The molecule has 0 fully saturated rings. The maximum absolute atomic E-state index is 13.8. The van der Waals surface area contributed by atoms with E-state index in [9.17, 15) is 38.4 Å². The van der Waals surface area contributed by atoms with E-state index in [0.29, 0.717) is 49.0 Å². The van der Waals surface area contributed by atoms with Gasteiger partial charge in [0.15, 0.2) is 12.4 Å². The maximum Gasteiger partial charge on any atom is 0.370 e. The van der Waals surface area contributed by atoms with Gasteiger partial charge in [-0.3, -0.25) is 28.8 Å². The van der Waals surface area contributed by atoms with Gasteiger partial charge in [0.2, 0.25) is 12.3 Å². The molecule has 0 saturated carbocycles. The molecule has 1 aromatic heterocycles. The molecule has 381 valence electrons. The van der Waals surface area contributed by atoms with Gasteiger partial charge in [0, 0.05) is 5.56 Å². The molecule has 1 radical (unpaired) electrons. The van der Waals surface area contributed by atoms with Gasteiger partial charge < -0.3 is 48.8 Å². The first-order valence-electron chi connectivity index (χ1n) is 23.8. The third-order valence-electron chi connectivity index (χ3n) is 11.0. The number of esters is 2. The van der Waals surface area contributed by atoms with Gasteiger partial charge in [-0.05, 0) is 79.6 Å². The molecule has 0 aliphatic carbocycles. The van der Waals surface area contributed by atoms with Gasteiger partial charge in [-0.2, -0.15) is 5.06 Å². The van der Waals surface area contributed by atoms with Gasteiger partial charge in [-0.15, -0.1) is 0 Å². The normalized spacial score (nSPS) is 12.1. The van der Waals surface area contributed by atoms with Gasteiger partial charge in [-0.1, -0.05) is 86.5 Å². The van der Waals surface area contributed by atoms with E-state index in [0.717, 1.165) is 38.2 Å². The van der Waals surface area contributed by atoms with Crippen molar-refractivity contribution in [2.45, 2.75) is 131 Å². The van der Waals surface area contributed by atoms with E-state index in [1.165, 1.54) is 44.3 Å². The fraction of sp³-hybridized carbons (Fsp3) is 0.520. The first kappa shape index (κ1) is 57.5. The number of carbonyl (C=O) groups excluding carboxylic acids is 8. The van der Waals surface area contributed by atoms with Crippen molar-refractivity contribution in [1.82, 2.24) is 21.0 Å². The van der Waals surface area contributed by atoms with E-state index in [1.807, 2.05) is 34.6 Å². The van der Waals surface area contributed by atoms with Crippen LogP contribution >= 0.6 is 0 Å². The zero-order valence-corrected chi connectivity index (χ0v) is 41.6. The standard InChI is InChI=1S/C50H68BN4O15/c1-9-13-16-17-36(40(12-4)55(31-56)70-49(62)35-21-19-34(64-8)27-38(35)32(5)6)46(59)52-30-53-48(61)42-23-22-41(68-42)33-18-20-37(43(26-33)67-29-45(58)66-25-15-11-3)47(60)54-39(50(63)69-51-7)28-44(57)65-24-14-10-2/h18-23,26-27,31-32,36,39-40H,9-17,24-25,28-30H2,1-8H3,(H,52,59)(H,53,61)(H,54,60)/t36-,39+,40-/m1/s1. The molecule has 3 atom stereocenters. The van der Waals surface area contributed by atoms with Crippen molar-refractivity contribution < 1.29 is 71.2 Å². The van der Waals surface area contributed by atoms with Crippen LogP contribution in [-0.4, -0.2) is 106 Å². The number of ether oxygens (including phenoxy) is 4. The number of hydroxylamine groups is 2.